The van der Waals surface area contributed by atoms with Gasteiger partial charge in [-0.25, -0.2) is 4.79 Å². The molecule has 10 atom stereocenters. The standard InChI is InChI=1S/C41H60O5/c1-25(2)28-17-22-41(32(42)15-16-34(43)44)24-23-39(7)29(35(28)41)13-14-31-38(6)20-19-33(37(4,5)30(38)18-21-40(31,39)8)46-36(45)27-11-9-26(3)10-12-27/h9-12,25,28-31,33,35H,13-24H2,1-8H3,(H,43,44)/t28-,29?,30?,31?,33+,35?,38-,39+,40+,41+/m0/s1. The number of carbonyl (C=O) groups excluding carboxylic acids is 2. The SMILES string of the molecule is Cc1ccc(C(=O)O[C@@H]2CC[C@@]3(C)C(CC[C@]4(C)C3CCC3C5[C@H](C(C)C)CC[C@]5(C(=O)CCC(=O)O)CC[C@]34C)C2(C)C)cc1. The fourth-order valence-corrected chi connectivity index (χ4v) is 13.4. The van der Waals surface area contributed by atoms with E-state index in [0.29, 0.717) is 41.1 Å². The lowest BCUT2D eigenvalue weighted by molar-refractivity contribution is -0.247. The van der Waals surface area contributed by atoms with Gasteiger partial charge in [-0.2, -0.15) is 0 Å². The van der Waals surface area contributed by atoms with Gasteiger partial charge in [0.05, 0.1) is 12.0 Å². The molecule has 5 fully saturated rings. The molecule has 254 valence electrons. The Kier molecular flexibility index (Phi) is 8.41. The van der Waals surface area contributed by atoms with Gasteiger partial charge in [0.2, 0.25) is 0 Å². The number of Topliss-reactive ketones (excluding diaryl/α,β-unsaturated/α-hetero) is 1. The highest BCUT2D eigenvalue weighted by molar-refractivity contribution is 5.89. The maximum Gasteiger partial charge on any atom is 0.338 e. The average molecular weight is 633 g/mol. The number of fused-ring (bicyclic) bond motifs is 7. The number of aryl methyl sites for hydroxylation is 1. The van der Waals surface area contributed by atoms with E-state index < -0.39 is 5.97 Å². The lowest BCUT2D eigenvalue weighted by Gasteiger charge is -2.73. The molecule has 0 amide bonds. The molecule has 5 aliphatic rings. The highest BCUT2D eigenvalue weighted by Gasteiger charge is 2.72. The fourth-order valence-electron chi connectivity index (χ4n) is 13.4. The van der Waals surface area contributed by atoms with E-state index in [4.69, 9.17) is 4.74 Å². The Bertz CT molecular complexity index is 1360. The molecule has 5 saturated carbocycles. The molecular weight excluding hydrogens is 572 g/mol. The Morgan fingerprint density at radius 1 is 0.804 bits per heavy atom. The summed E-state index contributed by atoms with van der Waals surface area (Å²) < 4.78 is 6.34. The van der Waals surface area contributed by atoms with Crippen LogP contribution in [0.2, 0.25) is 0 Å². The van der Waals surface area contributed by atoms with Crippen LogP contribution in [-0.2, 0) is 14.3 Å². The maximum absolute atomic E-state index is 14.0. The lowest BCUT2D eigenvalue weighted by Crippen LogP contribution is -2.67. The number of esters is 1. The first-order valence-corrected chi connectivity index (χ1v) is 18.5. The number of carboxylic acids is 1. The number of carbonyl (C=O) groups is 3. The summed E-state index contributed by atoms with van der Waals surface area (Å²) in [6.07, 6.45) is 10.8. The van der Waals surface area contributed by atoms with Gasteiger partial charge in [0.25, 0.3) is 0 Å². The smallest absolute Gasteiger partial charge is 0.338 e. The molecule has 0 heterocycles. The number of hydrogen-bond donors (Lipinski definition) is 1. The molecule has 0 spiro atoms. The Labute approximate surface area is 278 Å². The van der Waals surface area contributed by atoms with Crippen molar-refractivity contribution in [3.8, 4) is 0 Å². The van der Waals surface area contributed by atoms with E-state index in [-0.39, 0.29) is 57.8 Å². The Hall–Kier alpha value is -2.17. The number of ether oxygens (including phenoxy) is 1. The molecule has 0 radical (unpaired) electrons. The molecule has 4 unspecified atom stereocenters. The molecule has 0 saturated heterocycles. The van der Waals surface area contributed by atoms with E-state index in [2.05, 4.69) is 48.5 Å². The molecule has 1 aromatic rings. The highest BCUT2D eigenvalue weighted by Crippen LogP contribution is 2.77. The van der Waals surface area contributed by atoms with Crippen molar-refractivity contribution in [2.75, 3.05) is 0 Å². The van der Waals surface area contributed by atoms with Gasteiger partial charge in [-0.05, 0) is 135 Å². The molecule has 0 aromatic heterocycles. The zero-order valence-electron chi connectivity index (χ0n) is 29.9. The minimum absolute atomic E-state index is 0.0434. The van der Waals surface area contributed by atoms with Gasteiger partial charge < -0.3 is 9.84 Å². The van der Waals surface area contributed by atoms with Gasteiger partial charge in [-0.3, -0.25) is 9.59 Å². The van der Waals surface area contributed by atoms with Crippen molar-refractivity contribution in [2.45, 2.75) is 139 Å². The topological polar surface area (TPSA) is 80.7 Å². The number of hydrogen-bond acceptors (Lipinski definition) is 4. The third kappa shape index (κ3) is 4.86. The quantitative estimate of drug-likeness (QED) is 0.303. The molecule has 46 heavy (non-hydrogen) atoms. The Morgan fingerprint density at radius 2 is 1.50 bits per heavy atom. The van der Waals surface area contributed by atoms with Crippen molar-refractivity contribution in [1.29, 1.82) is 0 Å². The minimum Gasteiger partial charge on any atom is -0.481 e. The van der Waals surface area contributed by atoms with Crippen LogP contribution in [0.5, 0.6) is 0 Å². The van der Waals surface area contributed by atoms with E-state index in [1.54, 1.807) is 0 Å². The zero-order valence-corrected chi connectivity index (χ0v) is 29.9. The summed E-state index contributed by atoms with van der Waals surface area (Å²) in [5.74, 6) is 2.20. The molecule has 5 nitrogen and oxygen atoms in total. The molecule has 1 aromatic carbocycles. The lowest BCUT2D eigenvalue weighted by atomic mass is 9.32. The predicted molar refractivity (Wildman–Crippen MR) is 181 cm³/mol. The van der Waals surface area contributed by atoms with Crippen molar-refractivity contribution in [3.63, 3.8) is 0 Å². The van der Waals surface area contributed by atoms with Gasteiger partial charge in [-0.15, -0.1) is 0 Å². The second-order valence-corrected chi connectivity index (χ2v) is 18.2. The van der Waals surface area contributed by atoms with Crippen LogP contribution < -0.4 is 0 Å². The molecule has 0 bridgehead atoms. The largest absolute Gasteiger partial charge is 0.481 e. The van der Waals surface area contributed by atoms with Crippen LogP contribution in [-0.4, -0.2) is 28.9 Å². The second kappa shape index (κ2) is 11.5. The van der Waals surface area contributed by atoms with Crippen LogP contribution in [0.15, 0.2) is 24.3 Å². The van der Waals surface area contributed by atoms with Crippen LogP contribution >= 0.6 is 0 Å². The summed E-state index contributed by atoms with van der Waals surface area (Å²) in [4.78, 5) is 38.8. The van der Waals surface area contributed by atoms with Crippen LogP contribution in [0.25, 0.3) is 0 Å². The van der Waals surface area contributed by atoms with E-state index in [1.807, 2.05) is 31.2 Å². The van der Waals surface area contributed by atoms with Crippen molar-refractivity contribution < 1.29 is 24.2 Å². The van der Waals surface area contributed by atoms with Crippen molar-refractivity contribution in [1.82, 2.24) is 0 Å². The van der Waals surface area contributed by atoms with Gasteiger partial charge in [0, 0.05) is 17.3 Å². The van der Waals surface area contributed by atoms with Gasteiger partial charge in [0.15, 0.2) is 0 Å². The van der Waals surface area contributed by atoms with Gasteiger partial charge in [0.1, 0.15) is 11.9 Å². The van der Waals surface area contributed by atoms with E-state index >= 15 is 0 Å². The van der Waals surface area contributed by atoms with E-state index in [1.165, 1.54) is 19.3 Å². The average Bonchev–Trinajstić information content (AvgIpc) is 3.39. The predicted octanol–water partition coefficient (Wildman–Crippen LogP) is 9.69. The third-order valence-electron chi connectivity index (χ3n) is 15.9. The summed E-state index contributed by atoms with van der Waals surface area (Å²) >= 11 is 0. The summed E-state index contributed by atoms with van der Waals surface area (Å²) in [6.45, 7) is 19.3. The fraction of sp³-hybridized carbons (Fsp3) is 0.780. The Morgan fingerprint density at radius 3 is 2.15 bits per heavy atom. The minimum atomic E-state index is -0.860. The zero-order chi connectivity index (χ0) is 33.4. The molecule has 0 aliphatic heterocycles. The van der Waals surface area contributed by atoms with Gasteiger partial charge in [-0.1, -0.05) is 66.2 Å². The first kappa shape index (κ1) is 33.7. The molecular formula is C41H60O5. The summed E-state index contributed by atoms with van der Waals surface area (Å²) in [6, 6.07) is 7.73. The van der Waals surface area contributed by atoms with Gasteiger partial charge >= 0.3 is 11.9 Å². The number of ketones is 1. The summed E-state index contributed by atoms with van der Waals surface area (Å²) in [7, 11) is 0. The number of rotatable bonds is 7. The molecule has 1 N–H and O–H groups in total. The summed E-state index contributed by atoms with van der Waals surface area (Å²) in [5.41, 5.74) is 1.85. The van der Waals surface area contributed by atoms with E-state index in [9.17, 15) is 19.5 Å². The Balaban J connectivity index is 1.28. The van der Waals surface area contributed by atoms with Crippen LogP contribution in [0, 0.1) is 69.5 Å². The summed E-state index contributed by atoms with van der Waals surface area (Å²) in [5, 5.41) is 9.43. The maximum atomic E-state index is 14.0. The van der Waals surface area contributed by atoms with E-state index in [0.717, 1.165) is 50.5 Å². The molecule has 6 rings (SSSR count). The first-order valence-electron chi connectivity index (χ1n) is 18.5. The van der Waals surface area contributed by atoms with Crippen LogP contribution in [0.4, 0.5) is 0 Å². The van der Waals surface area contributed by atoms with Crippen molar-refractivity contribution in [2.24, 2.45) is 62.6 Å². The third-order valence-corrected chi connectivity index (χ3v) is 15.9. The molecule has 5 aliphatic carbocycles. The highest BCUT2D eigenvalue weighted by atomic mass is 16.5. The van der Waals surface area contributed by atoms with Crippen molar-refractivity contribution in [3.05, 3.63) is 35.4 Å². The number of carboxylic acid groups (broad SMARTS) is 1. The van der Waals surface area contributed by atoms with Crippen molar-refractivity contribution >= 4 is 17.7 Å². The number of benzene rings is 1. The number of aliphatic carboxylic acids is 1. The monoisotopic (exact) mass is 632 g/mol. The second-order valence-electron chi connectivity index (χ2n) is 18.2. The van der Waals surface area contributed by atoms with Crippen LogP contribution in [0.3, 0.4) is 0 Å². The normalized spacial score (nSPS) is 42.7. The molecule has 5 heteroatoms. The van der Waals surface area contributed by atoms with Crippen LogP contribution in [0.1, 0.15) is 141 Å². The first-order chi connectivity index (χ1) is 21.5.